The summed E-state index contributed by atoms with van der Waals surface area (Å²) in [5.74, 6) is 1.36. The third-order valence-electron chi connectivity index (χ3n) is 2.71. The Morgan fingerprint density at radius 1 is 1.50 bits per heavy atom. The molecule has 4 nitrogen and oxygen atoms in total. The molecular weight excluding hydrogens is 204 g/mol. The first-order chi connectivity index (χ1) is 7.54. The van der Waals surface area contributed by atoms with E-state index in [1.165, 1.54) is 0 Å². The van der Waals surface area contributed by atoms with Crippen molar-refractivity contribution in [1.82, 2.24) is 10.5 Å². The summed E-state index contributed by atoms with van der Waals surface area (Å²) in [5, 5.41) is 7.46. The van der Waals surface area contributed by atoms with Crippen LogP contribution in [0.5, 0.6) is 0 Å². The van der Waals surface area contributed by atoms with E-state index in [4.69, 9.17) is 9.26 Å². The van der Waals surface area contributed by atoms with Crippen LogP contribution in [0.4, 0.5) is 0 Å². The van der Waals surface area contributed by atoms with Crippen molar-refractivity contribution in [2.24, 2.45) is 0 Å². The van der Waals surface area contributed by atoms with E-state index in [-0.39, 0.29) is 5.54 Å². The lowest BCUT2D eigenvalue weighted by Gasteiger charge is -2.19. The molecule has 1 saturated heterocycles. The molecule has 90 valence electrons. The fourth-order valence-corrected chi connectivity index (χ4v) is 1.72. The van der Waals surface area contributed by atoms with Gasteiger partial charge in [0, 0.05) is 30.7 Å². The largest absolute Gasteiger partial charge is 0.381 e. The fourth-order valence-electron chi connectivity index (χ4n) is 1.72. The van der Waals surface area contributed by atoms with Crippen molar-refractivity contribution in [3.63, 3.8) is 0 Å². The highest BCUT2D eigenvalue weighted by molar-refractivity contribution is 5.11. The minimum atomic E-state index is 0.107. The summed E-state index contributed by atoms with van der Waals surface area (Å²) >= 11 is 0. The number of aromatic nitrogens is 1. The Bertz CT molecular complexity index is 335. The first-order valence-electron chi connectivity index (χ1n) is 5.83. The Morgan fingerprint density at radius 2 is 2.31 bits per heavy atom. The second-order valence-corrected chi connectivity index (χ2v) is 5.38. The quantitative estimate of drug-likeness (QED) is 0.853. The average molecular weight is 224 g/mol. The van der Waals surface area contributed by atoms with Crippen molar-refractivity contribution in [3.05, 3.63) is 17.5 Å². The number of rotatable bonds is 3. The molecule has 0 amide bonds. The fraction of sp³-hybridized carbons (Fsp3) is 0.750. The summed E-state index contributed by atoms with van der Waals surface area (Å²) in [6.45, 7) is 8.76. The molecule has 16 heavy (non-hydrogen) atoms. The predicted molar refractivity (Wildman–Crippen MR) is 61.3 cm³/mol. The minimum absolute atomic E-state index is 0.107. The molecule has 1 atom stereocenters. The first-order valence-corrected chi connectivity index (χ1v) is 5.83. The van der Waals surface area contributed by atoms with Gasteiger partial charge < -0.3 is 14.6 Å². The summed E-state index contributed by atoms with van der Waals surface area (Å²) < 4.78 is 10.7. The van der Waals surface area contributed by atoms with E-state index in [1.807, 2.05) is 6.07 Å². The molecule has 1 aromatic heterocycles. The average Bonchev–Trinajstić information content (AvgIpc) is 2.84. The van der Waals surface area contributed by atoms with Gasteiger partial charge in [-0.25, -0.2) is 0 Å². The van der Waals surface area contributed by atoms with E-state index >= 15 is 0 Å². The topological polar surface area (TPSA) is 47.3 Å². The maximum atomic E-state index is 5.34. The highest BCUT2D eigenvalue weighted by Gasteiger charge is 2.22. The molecule has 0 aromatic carbocycles. The lowest BCUT2D eigenvalue weighted by atomic mass is 10.1. The predicted octanol–water partition coefficient (Wildman–Crippen LogP) is 2.07. The molecule has 0 aliphatic carbocycles. The number of hydrogen-bond donors (Lipinski definition) is 1. The summed E-state index contributed by atoms with van der Waals surface area (Å²) in [5.41, 5.74) is 1.08. The summed E-state index contributed by atoms with van der Waals surface area (Å²) in [7, 11) is 0. The molecule has 2 heterocycles. The monoisotopic (exact) mass is 224 g/mol. The highest BCUT2D eigenvalue weighted by atomic mass is 16.5. The molecule has 0 radical (unpaired) electrons. The highest BCUT2D eigenvalue weighted by Crippen LogP contribution is 2.25. The zero-order chi connectivity index (χ0) is 11.6. The van der Waals surface area contributed by atoms with Crippen molar-refractivity contribution in [2.75, 3.05) is 13.2 Å². The van der Waals surface area contributed by atoms with E-state index < -0.39 is 0 Å². The zero-order valence-electron chi connectivity index (χ0n) is 10.2. The molecule has 0 spiro atoms. The standard InChI is InChI=1S/C12H20N2O2/c1-12(2,3)13-7-10-6-11(16-14-10)9-4-5-15-8-9/h6,9,13H,4-5,7-8H2,1-3H3. The zero-order valence-corrected chi connectivity index (χ0v) is 10.2. The Morgan fingerprint density at radius 3 is 2.94 bits per heavy atom. The van der Waals surface area contributed by atoms with Gasteiger partial charge in [-0.2, -0.15) is 0 Å². The smallest absolute Gasteiger partial charge is 0.142 e. The number of hydrogen-bond acceptors (Lipinski definition) is 4. The van der Waals surface area contributed by atoms with Crippen molar-refractivity contribution < 1.29 is 9.26 Å². The molecule has 1 aliphatic rings. The second-order valence-electron chi connectivity index (χ2n) is 5.38. The molecule has 1 N–H and O–H groups in total. The number of nitrogens with one attached hydrogen (secondary N) is 1. The van der Waals surface area contributed by atoms with Crippen LogP contribution in [0.25, 0.3) is 0 Å². The van der Waals surface area contributed by atoms with E-state index in [0.717, 1.165) is 37.6 Å². The van der Waals surface area contributed by atoms with E-state index in [2.05, 4.69) is 31.2 Å². The van der Waals surface area contributed by atoms with Crippen LogP contribution in [0, 0.1) is 0 Å². The van der Waals surface area contributed by atoms with Gasteiger partial charge in [-0.1, -0.05) is 5.16 Å². The van der Waals surface area contributed by atoms with Crippen LogP contribution >= 0.6 is 0 Å². The maximum Gasteiger partial charge on any atom is 0.142 e. The van der Waals surface area contributed by atoms with Gasteiger partial charge in [-0.05, 0) is 27.2 Å². The molecule has 1 fully saturated rings. The van der Waals surface area contributed by atoms with Crippen LogP contribution in [0.15, 0.2) is 10.6 Å². The van der Waals surface area contributed by atoms with Crippen molar-refractivity contribution in [1.29, 1.82) is 0 Å². The lowest BCUT2D eigenvalue weighted by Crippen LogP contribution is -2.35. The SMILES string of the molecule is CC(C)(C)NCc1cc(C2CCOC2)on1. The van der Waals surface area contributed by atoms with Crippen molar-refractivity contribution in [2.45, 2.75) is 45.2 Å². The molecular formula is C12H20N2O2. The first kappa shape index (κ1) is 11.6. The Kier molecular flexibility index (Phi) is 3.30. The van der Waals surface area contributed by atoms with Gasteiger partial charge in [0.05, 0.1) is 12.3 Å². The maximum absolute atomic E-state index is 5.34. The molecule has 1 unspecified atom stereocenters. The molecule has 2 rings (SSSR count). The molecule has 0 saturated carbocycles. The molecule has 1 aromatic rings. The Hall–Kier alpha value is -0.870. The van der Waals surface area contributed by atoms with Gasteiger partial charge in [-0.3, -0.25) is 0 Å². The van der Waals surface area contributed by atoms with Gasteiger partial charge in [0.15, 0.2) is 0 Å². The number of ether oxygens (including phenoxy) is 1. The normalized spacial score (nSPS) is 21.6. The minimum Gasteiger partial charge on any atom is -0.381 e. The molecule has 1 aliphatic heterocycles. The van der Waals surface area contributed by atoms with Crippen molar-refractivity contribution >= 4 is 0 Å². The number of nitrogens with zero attached hydrogens (tertiary/aromatic N) is 1. The van der Waals surface area contributed by atoms with Crippen LogP contribution in [-0.4, -0.2) is 23.9 Å². The lowest BCUT2D eigenvalue weighted by molar-refractivity contribution is 0.190. The Labute approximate surface area is 96.3 Å². The van der Waals surface area contributed by atoms with Crippen LogP contribution < -0.4 is 5.32 Å². The third-order valence-corrected chi connectivity index (χ3v) is 2.71. The van der Waals surface area contributed by atoms with Gasteiger partial charge in [0.1, 0.15) is 5.76 Å². The van der Waals surface area contributed by atoms with E-state index in [1.54, 1.807) is 0 Å². The van der Waals surface area contributed by atoms with Crippen LogP contribution in [0.2, 0.25) is 0 Å². The van der Waals surface area contributed by atoms with E-state index in [0.29, 0.717) is 5.92 Å². The summed E-state index contributed by atoms with van der Waals surface area (Å²) in [6.07, 6.45) is 1.04. The van der Waals surface area contributed by atoms with Gasteiger partial charge in [-0.15, -0.1) is 0 Å². The van der Waals surface area contributed by atoms with Crippen LogP contribution in [0.3, 0.4) is 0 Å². The summed E-state index contributed by atoms with van der Waals surface area (Å²) in [4.78, 5) is 0. The molecule has 4 heteroatoms. The van der Waals surface area contributed by atoms with Crippen LogP contribution in [0.1, 0.15) is 44.6 Å². The second kappa shape index (κ2) is 4.55. The van der Waals surface area contributed by atoms with Gasteiger partial charge in [0.2, 0.25) is 0 Å². The van der Waals surface area contributed by atoms with Gasteiger partial charge >= 0.3 is 0 Å². The third kappa shape index (κ3) is 3.06. The summed E-state index contributed by atoms with van der Waals surface area (Å²) in [6, 6.07) is 2.04. The van der Waals surface area contributed by atoms with Crippen LogP contribution in [-0.2, 0) is 11.3 Å². The Balaban J connectivity index is 1.91. The van der Waals surface area contributed by atoms with Gasteiger partial charge in [0.25, 0.3) is 0 Å². The van der Waals surface area contributed by atoms with Crippen molar-refractivity contribution in [3.8, 4) is 0 Å². The molecule has 0 bridgehead atoms. The van der Waals surface area contributed by atoms with E-state index in [9.17, 15) is 0 Å².